The van der Waals surface area contributed by atoms with Crippen LogP contribution in [0.25, 0.3) is 0 Å². The SMILES string of the molecule is O=C(CCN1CCCCCC1)Nc1c(F)cccc1F. The van der Waals surface area contributed by atoms with Crippen molar-refractivity contribution >= 4 is 11.6 Å². The molecule has 1 aliphatic heterocycles. The maximum atomic E-state index is 13.4. The first-order valence-electron chi connectivity index (χ1n) is 7.13. The van der Waals surface area contributed by atoms with Gasteiger partial charge in [0.2, 0.25) is 5.91 Å². The molecule has 0 unspecified atom stereocenters. The molecule has 110 valence electrons. The predicted molar refractivity (Wildman–Crippen MR) is 74.5 cm³/mol. The van der Waals surface area contributed by atoms with E-state index >= 15 is 0 Å². The Kier molecular flexibility index (Phi) is 5.47. The van der Waals surface area contributed by atoms with Crippen LogP contribution in [0.4, 0.5) is 14.5 Å². The van der Waals surface area contributed by atoms with Gasteiger partial charge in [0.1, 0.15) is 17.3 Å². The molecule has 20 heavy (non-hydrogen) atoms. The van der Waals surface area contributed by atoms with Crippen LogP contribution >= 0.6 is 0 Å². The minimum atomic E-state index is -0.742. The normalized spacial score (nSPS) is 16.7. The largest absolute Gasteiger partial charge is 0.321 e. The second-order valence-electron chi connectivity index (χ2n) is 5.15. The second kappa shape index (κ2) is 7.33. The molecule has 1 N–H and O–H groups in total. The molecule has 0 aliphatic carbocycles. The number of halogens is 2. The molecule has 0 radical (unpaired) electrons. The fraction of sp³-hybridized carbons (Fsp3) is 0.533. The fourth-order valence-electron chi connectivity index (χ4n) is 2.44. The lowest BCUT2D eigenvalue weighted by atomic mass is 10.2. The van der Waals surface area contributed by atoms with Gasteiger partial charge in [-0.2, -0.15) is 0 Å². The molecular weight excluding hydrogens is 262 g/mol. The summed E-state index contributed by atoms with van der Waals surface area (Å²) in [6, 6.07) is 3.54. The van der Waals surface area contributed by atoms with Crippen LogP contribution in [0.5, 0.6) is 0 Å². The molecule has 1 aliphatic rings. The van der Waals surface area contributed by atoms with Crippen molar-refractivity contribution in [3.63, 3.8) is 0 Å². The molecule has 0 spiro atoms. The number of nitrogens with one attached hydrogen (secondary N) is 1. The fourth-order valence-corrected chi connectivity index (χ4v) is 2.44. The number of amides is 1. The van der Waals surface area contributed by atoms with E-state index in [9.17, 15) is 13.6 Å². The molecule has 1 aromatic carbocycles. The summed E-state index contributed by atoms with van der Waals surface area (Å²) in [5, 5.41) is 2.32. The Bertz CT molecular complexity index is 437. The number of hydrogen-bond donors (Lipinski definition) is 1. The molecule has 1 aromatic rings. The van der Waals surface area contributed by atoms with Gasteiger partial charge in [-0.15, -0.1) is 0 Å². The van der Waals surface area contributed by atoms with Crippen LogP contribution < -0.4 is 5.32 Å². The van der Waals surface area contributed by atoms with Gasteiger partial charge < -0.3 is 10.2 Å². The Balaban J connectivity index is 1.83. The Labute approximate surface area is 118 Å². The highest BCUT2D eigenvalue weighted by molar-refractivity contribution is 5.91. The quantitative estimate of drug-likeness (QED) is 0.920. The molecule has 0 bridgehead atoms. The summed E-state index contributed by atoms with van der Waals surface area (Å²) in [6.07, 6.45) is 5.05. The zero-order valence-electron chi connectivity index (χ0n) is 11.5. The summed E-state index contributed by atoms with van der Waals surface area (Å²) in [7, 11) is 0. The number of rotatable bonds is 4. The molecule has 1 heterocycles. The van der Waals surface area contributed by atoms with Gasteiger partial charge in [-0.1, -0.05) is 18.9 Å². The smallest absolute Gasteiger partial charge is 0.225 e. The van der Waals surface area contributed by atoms with Gasteiger partial charge >= 0.3 is 0 Å². The van der Waals surface area contributed by atoms with Crippen LogP contribution in [0.1, 0.15) is 32.1 Å². The molecule has 3 nitrogen and oxygen atoms in total. The van der Waals surface area contributed by atoms with Gasteiger partial charge in [0.15, 0.2) is 0 Å². The summed E-state index contributed by atoms with van der Waals surface area (Å²) < 4.78 is 26.8. The zero-order valence-corrected chi connectivity index (χ0v) is 11.5. The molecular formula is C15H20F2N2O. The van der Waals surface area contributed by atoms with Gasteiger partial charge in [0, 0.05) is 13.0 Å². The lowest BCUT2D eigenvalue weighted by Gasteiger charge is -2.19. The van der Waals surface area contributed by atoms with Crippen LogP contribution in [0.3, 0.4) is 0 Å². The van der Waals surface area contributed by atoms with Gasteiger partial charge in [0.05, 0.1) is 0 Å². The van der Waals surface area contributed by atoms with E-state index in [2.05, 4.69) is 10.2 Å². The summed E-state index contributed by atoms with van der Waals surface area (Å²) in [5.41, 5.74) is -0.353. The van der Waals surface area contributed by atoms with Crippen LogP contribution in [-0.2, 0) is 4.79 Å². The minimum absolute atomic E-state index is 0.258. The van der Waals surface area contributed by atoms with Gasteiger partial charge in [0.25, 0.3) is 0 Å². The molecule has 2 rings (SSSR count). The van der Waals surface area contributed by atoms with Crippen LogP contribution in [0.2, 0.25) is 0 Å². The maximum absolute atomic E-state index is 13.4. The molecule has 0 saturated carbocycles. The molecule has 1 amide bonds. The van der Waals surface area contributed by atoms with Gasteiger partial charge in [-0.05, 0) is 38.1 Å². The van der Waals surface area contributed by atoms with E-state index in [4.69, 9.17) is 0 Å². The van der Waals surface area contributed by atoms with Crippen LogP contribution in [0, 0.1) is 11.6 Å². The lowest BCUT2D eigenvalue weighted by molar-refractivity contribution is -0.116. The Morgan fingerprint density at radius 1 is 1.10 bits per heavy atom. The highest BCUT2D eigenvalue weighted by Gasteiger charge is 2.14. The minimum Gasteiger partial charge on any atom is -0.321 e. The standard InChI is InChI=1S/C15H20F2N2O/c16-12-6-5-7-13(17)15(12)18-14(20)8-11-19-9-3-1-2-4-10-19/h5-7H,1-4,8-11H2,(H,18,20). The Hall–Kier alpha value is -1.49. The van der Waals surface area contributed by atoms with E-state index in [1.165, 1.54) is 18.9 Å². The van der Waals surface area contributed by atoms with Gasteiger partial charge in [-0.3, -0.25) is 4.79 Å². The molecule has 1 fully saturated rings. The van der Waals surface area contributed by atoms with Crippen LogP contribution in [-0.4, -0.2) is 30.4 Å². The summed E-state index contributed by atoms with van der Waals surface area (Å²) in [6.45, 7) is 2.64. The van der Waals surface area contributed by atoms with Crippen molar-refractivity contribution in [1.29, 1.82) is 0 Å². The Morgan fingerprint density at radius 3 is 2.30 bits per heavy atom. The number of para-hydroxylation sites is 1. The van der Waals surface area contributed by atoms with Crippen molar-refractivity contribution in [1.82, 2.24) is 4.90 Å². The predicted octanol–water partition coefficient (Wildman–Crippen LogP) is 3.17. The number of nitrogens with zero attached hydrogens (tertiary/aromatic N) is 1. The third kappa shape index (κ3) is 4.27. The van der Waals surface area contributed by atoms with E-state index in [1.807, 2.05) is 0 Å². The maximum Gasteiger partial charge on any atom is 0.225 e. The number of carbonyl (C=O) groups is 1. The summed E-state index contributed by atoms with van der Waals surface area (Å²) in [4.78, 5) is 14.0. The highest BCUT2D eigenvalue weighted by Crippen LogP contribution is 2.18. The van der Waals surface area contributed by atoms with E-state index in [0.717, 1.165) is 38.1 Å². The van der Waals surface area contributed by atoms with E-state index in [-0.39, 0.29) is 18.0 Å². The van der Waals surface area contributed by atoms with Crippen molar-refractivity contribution < 1.29 is 13.6 Å². The van der Waals surface area contributed by atoms with Crippen molar-refractivity contribution in [2.75, 3.05) is 25.0 Å². The van der Waals surface area contributed by atoms with Crippen molar-refractivity contribution in [2.24, 2.45) is 0 Å². The van der Waals surface area contributed by atoms with Crippen LogP contribution in [0.15, 0.2) is 18.2 Å². The Morgan fingerprint density at radius 2 is 1.70 bits per heavy atom. The third-order valence-electron chi connectivity index (χ3n) is 3.58. The first-order valence-corrected chi connectivity index (χ1v) is 7.13. The summed E-state index contributed by atoms with van der Waals surface area (Å²) >= 11 is 0. The second-order valence-corrected chi connectivity index (χ2v) is 5.15. The molecule has 1 saturated heterocycles. The number of carbonyl (C=O) groups excluding carboxylic acids is 1. The lowest BCUT2D eigenvalue weighted by Crippen LogP contribution is -2.29. The van der Waals surface area contributed by atoms with E-state index < -0.39 is 11.6 Å². The average molecular weight is 282 g/mol. The monoisotopic (exact) mass is 282 g/mol. The highest BCUT2D eigenvalue weighted by atomic mass is 19.1. The molecule has 5 heteroatoms. The average Bonchev–Trinajstić information content (AvgIpc) is 2.69. The molecule has 0 aromatic heterocycles. The number of likely N-dealkylation sites (tertiary alicyclic amines) is 1. The number of hydrogen-bond acceptors (Lipinski definition) is 2. The number of benzene rings is 1. The summed E-state index contributed by atoms with van der Waals surface area (Å²) in [5.74, 6) is -1.83. The number of anilines is 1. The molecule has 0 atom stereocenters. The van der Waals surface area contributed by atoms with Gasteiger partial charge in [-0.25, -0.2) is 8.78 Å². The first-order chi connectivity index (χ1) is 9.66. The topological polar surface area (TPSA) is 32.3 Å². The van der Waals surface area contributed by atoms with Crippen molar-refractivity contribution in [3.8, 4) is 0 Å². The van der Waals surface area contributed by atoms with E-state index in [1.54, 1.807) is 0 Å². The third-order valence-corrected chi connectivity index (χ3v) is 3.58. The van der Waals surface area contributed by atoms with Crippen molar-refractivity contribution in [2.45, 2.75) is 32.1 Å². The van der Waals surface area contributed by atoms with Crippen molar-refractivity contribution in [3.05, 3.63) is 29.8 Å². The first kappa shape index (κ1) is 14.9. The van der Waals surface area contributed by atoms with E-state index in [0.29, 0.717) is 6.54 Å². The zero-order chi connectivity index (χ0) is 14.4.